The van der Waals surface area contributed by atoms with E-state index in [2.05, 4.69) is 20.9 Å². The van der Waals surface area contributed by atoms with Gasteiger partial charge in [0, 0.05) is 12.7 Å². The molecule has 4 unspecified atom stereocenters. The molecular formula is C30H49N5O4. The van der Waals surface area contributed by atoms with E-state index in [1.807, 2.05) is 19.9 Å². The Bertz CT molecular complexity index is 959. The quantitative estimate of drug-likeness (QED) is 0.338. The van der Waals surface area contributed by atoms with Gasteiger partial charge in [-0.2, -0.15) is 0 Å². The van der Waals surface area contributed by atoms with Crippen molar-refractivity contribution in [2.24, 2.45) is 23.7 Å². The molecule has 0 aromatic carbocycles. The number of amides is 3. The highest BCUT2D eigenvalue weighted by Gasteiger charge is 2.38. The molecule has 0 aliphatic heterocycles. The minimum Gasteiger partial charge on any atom is -0.444 e. The number of pyridine rings is 1. The molecule has 0 spiro atoms. The van der Waals surface area contributed by atoms with Crippen LogP contribution in [0.1, 0.15) is 98.0 Å². The van der Waals surface area contributed by atoms with E-state index in [1.165, 1.54) is 38.5 Å². The largest absolute Gasteiger partial charge is 0.444 e. The number of anilines is 1. The van der Waals surface area contributed by atoms with Gasteiger partial charge in [-0.15, -0.1) is 0 Å². The van der Waals surface area contributed by atoms with Crippen LogP contribution in [-0.2, 0) is 20.9 Å². The Morgan fingerprint density at radius 3 is 2.44 bits per heavy atom. The molecule has 2 aliphatic carbocycles. The van der Waals surface area contributed by atoms with Gasteiger partial charge in [0.1, 0.15) is 23.5 Å². The number of aromatic nitrogens is 1. The third-order valence-corrected chi connectivity index (χ3v) is 8.38. The number of rotatable bonds is 10. The van der Waals surface area contributed by atoms with E-state index in [4.69, 9.17) is 10.5 Å². The fraction of sp³-hybridized carbons (Fsp3) is 0.733. The molecule has 9 nitrogen and oxygen atoms in total. The normalized spacial score (nSPS) is 23.5. The Morgan fingerprint density at radius 2 is 1.77 bits per heavy atom. The summed E-state index contributed by atoms with van der Waals surface area (Å²) in [7, 11) is 0. The molecule has 2 saturated carbocycles. The van der Waals surface area contributed by atoms with Crippen molar-refractivity contribution in [2.75, 3.05) is 5.73 Å². The summed E-state index contributed by atoms with van der Waals surface area (Å²) in [5.41, 5.74) is 5.84. The summed E-state index contributed by atoms with van der Waals surface area (Å²) in [6.07, 6.45) is 10.8. The lowest BCUT2D eigenvalue weighted by Gasteiger charge is -2.42. The average molecular weight is 544 g/mol. The van der Waals surface area contributed by atoms with Gasteiger partial charge in [-0.3, -0.25) is 9.59 Å². The second-order valence-electron chi connectivity index (χ2n) is 12.5. The SMILES string of the molecule is CCC(C)[C@@H](NC(=O)OC(C)(C)C)C(=O)N[C@@H](CC1CCCC2CCCCC21)C(=O)NCc1ccc(N)nc1. The number of nitrogens with two attached hydrogens (primary N) is 1. The molecule has 1 heterocycles. The van der Waals surface area contributed by atoms with Gasteiger partial charge < -0.3 is 26.4 Å². The monoisotopic (exact) mass is 543 g/mol. The number of hydrogen-bond acceptors (Lipinski definition) is 6. The lowest BCUT2D eigenvalue weighted by atomic mass is 9.64. The first-order valence-corrected chi connectivity index (χ1v) is 14.7. The highest BCUT2D eigenvalue weighted by atomic mass is 16.6. The van der Waals surface area contributed by atoms with Crippen molar-refractivity contribution in [1.82, 2.24) is 20.9 Å². The van der Waals surface area contributed by atoms with Crippen LogP contribution in [0.5, 0.6) is 0 Å². The topological polar surface area (TPSA) is 135 Å². The average Bonchev–Trinajstić information content (AvgIpc) is 2.89. The number of nitrogens with one attached hydrogen (secondary N) is 3. The summed E-state index contributed by atoms with van der Waals surface area (Å²) in [4.78, 5) is 43.8. The molecule has 218 valence electrons. The highest BCUT2D eigenvalue weighted by Crippen LogP contribution is 2.45. The number of hydrogen-bond donors (Lipinski definition) is 4. The van der Waals surface area contributed by atoms with Crippen LogP contribution in [0, 0.1) is 23.7 Å². The molecule has 0 radical (unpaired) electrons. The number of carbonyl (C=O) groups excluding carboxylic acids is 3. The lowest BCUT2D eigenvalue weighted by molar-refractivity contribution is -0.131. The van der Waals surface area contributed by atoms with E-state index >= 15 is 0 Å². The van der Waals surface area contributed by atoms with E-state index in [9.17, 15) is 14.4 Å². The summed E-state index contributed by atoms with van der Waals surface area (Å²) in [6, 6.07) is 2.02. The number of nitrogen functional groups attached to an aromatic ring is 1. The number of carbonyl (C=O) groups is 3. The van der Waals surface area contributed by atoms with Crippen LogP contribution >= 0.6 is 0 Å². The van der Waals surface area contributed by atoms with Gasteiger partial charge >= 0.3 is 6.09 Å². The molecule has 3 rings (SSSR count). The van der Waals surface area contributed by atoms with Crippen LogP contribution in [0.25, 0.3) is 0 Å². The molecule has 0 bridgehead atoms. The van der Waals surface area contributed by atoms with Gasteiger partial charge in [0.2, 0.25) is 11.8 Å². The van der Waals surface area contributed by atoms with E-state index < -0.39 is 23.8 Å². The molecule has 1 aromatic rings. The van der Waals surface area contributed by atoms with E-state index in [-0.39, 0.29) is 17.7 Å². The first-order valence-electron chi connectivity index (χ1n) is 14.7. The molecule has 3 amide bonds. The highest BCUT2D eigenvalue weighted by molar-refractivity contribution is 5.91. The lowest BCUT2D eigenvalue weighted by Crippen LogP contribution is -2.56. The summed E-state index contributed by atoms with van der Waals surface area (Å²) < 4.78 is 5.42. The zero-order chi connectivity index (χ0) is 28.6. The van der Waals surface area contributed by atoms with Crippen LogP contribution in [0.15, 0.2) is 18.3 Å². The number of fused-ring (bicyclic) bond motifs is 1. The van der Waals surface area contributed by atoms with Crippen molar-refractivity contribution in [3.05, 3.63) is 23.9 Å². The second kappa shape index (κ2) is 14.0. The minimum absolute atomic E-state index is 0.139. The fourth-order valence-electron chi connectivity index (χ4n) is 6.15. The molecule has 39 heavy (non-hydrogen) atoms. The van der Waals surface area contributed by atoms with Crippen molar-refractivity contribution in [3.8, 4) is 0 Å². The molecule has 0 saturated heterocycles. The second-order valence-corrected chi connectivity index (χ2v) is 12.5. The van der Waals surface area contributed by atoms with Gasteiger partial charge in [0.25, 0.3) is 0 Å². The Morgan fingerprint density at radius 1 is 1.05 bits per heavy atom. The summed E-state index contributed by atoms with van der Waals surface area (Å²) in [5.74, 6) is 1.41. The molecular weight excluding hydrogens is 494 g/mol. The standard InChI is InChI=1S/C30H49N5O4/c1-6-19(2)26(35-29(38)39-30(3,4)5)28(37)34-24(27(36)33-18-20-14-15-25(31)32-17-20)16-22-12-9-11-21-10-7-8-13-23(21)22/h14-15,17,19,21-24,26H,6-13,16,18H2,1-5H3,(H2,31,32)(H,33,36)(H,34,37)(H,35,38)/t19?,21?,22?,23?,24-,26+/m0/s1. The molecule has 1 aromatic heterocycles. The maximum absolute atomic E-state index is 13.6. The van der Waals surface area contributed by atoms with E-state index in [0.717, 1.165) is 17.9 Å². The smallest absolute Gasteiger partial charge is 0.408 e. The minimum atomic E-state index is -0.810. The van der Waals surface area contributed by atoms with Crippen LogP contribution in [-0.4, -0.2) is 40.6 Å². The Balaban J connectivity index is 1.75. The van der Waals surface area contributed by atoms with E-state index in [1.54, 1.807) is 33.0 Å². The van der Waals surface area contributed by atoms with Gasteiger partial charge in [-0.25, -0.2) is 9.78 Å². The summed E-state index contributed by atoms with van der Waals surface area (Å²) >= 11 is 0. The van der Waals surface area contributed by atoms with Gasteiger partial charge in [-0.05, 0) is 68.9 Å². The van der Waals surface area contributed by atoms with E-state index in [0.29, 0.717) is 37.0 Å². The van der Waals surface area contributed by atoms with Crippen molar-refractivity contribution in [3.63, 3.8) is 0 Å². The zero-order valence-electron chi connectivity index (χ0n) is 24.4. The molecule has 2 fully saturated rings. The predicted octanol–water partition coefficient (Wildman–Crippen LogP) is 4.70. The Kier molecular flexibility index (Phi) is 11.0. The van der Waals surface area contributed by atoms with Crippen molar-refractivity contribution < 1.29 is 19.1 Å². The van der Waals surface area contributed by atoms with Crippen molar-refractivity contribution in [2.45, 2.75) is 117 Å². The van der Waals surface area contributed by atoms with Crippen LogP contribution in [0.2, 0.25) is 0 Å². The maximum Gasteiger partial charge on any atom is 0.408 e. The molecule has 9 heteroatoms. The molecule has 2 aliphatic rings. The zero-order valence-corrected chi connectivity index (χ0v) is 24.4. The first-order chi connectivity index (χ1) is 18.5. The Hall–Kier alpha value is -2.84. The van der Waals surface area contributed by atoms with Gasteiger partial charge in [0.05, 0.1) is 0 Å². The van der Waals surface area contributed by atoms with Gasteiger partial charge in [-0.1, -0.05) is 64.9 Å². The van der Waals surface area contributed by atoms with Crippen LogP contribution in [0.4, 0.5) is 10.6 Å². The number of ether oxygens (including phenoxy) is 1. The van der Waals surface area contributed by atoms with Crippen LogP contribution < -0.4 is 21.7 Å². The molecule has 5 N–H and O–H groups in total. The maximum atomic E-state index is 13.6. The van der Waals surface area contributed by atoms with Crippen molar-refractivity contribution in [1.29, 1.82) is 0 Å². The summed E-state index contributed by atoms with van der Waals surface area (Å²) in [5, 5.41) is 8.78. The summed E-state index contributed by atoms with van der Waals surface area (Å²) in [6.45, 7) is 9.52. The van der Waals surface area contributed by atoms with Gasteiger partial charge in [0.15, 0.2) is 0 Å². The number of nitrogens with zero attached hydrogens (tertiary/aromatic N) is 1. The molecule has 6 atom stereocenters. The number of alkyl carbamates (subject to hydrolysis) is 1. The van der Waals surface area contributed by atoms with Crippen molar-refractivity contribution >= 4 is 23.7 Å². The fourth-order valence-corrected chi connectivity index (χ4v) is 6.15. The third kappa shape index (κ3) is 9.39. The predicted molar refractivity (Wildman–Crippen MR) is 152 cm³/mol. The third-order valence-electron chi connectivity index (χ3n) is 8.38. The van der Waals surface area contributed by atoms with Crippen LogP contribution in [0.3, 0.4) is 0 Å². The Labute approximate surface area is 233 Å². The first kappa shape index (κ1) is 30.7.